The first-order valence-electron chi connectivity index (χ1n) is 10.5. The SMILES string of the molecule is CS(=O)(=O)O.Cc1ccc(Nc2nccc(N(C)c3ccc4c(C)n(C)nc4c3)n2)cc1S(N)(=O)=O. The van der Waals surface area contributed by atoms with Crippen LogP contribution < -0.4 is 15.4 Å². The molecule has 4 aromatic rings. The Bertz CT molecular complexity index is 1630. The molecule has 0 saturated carbocycles. The molecule has 0 saturated heterocycles. The molecular formula is C22H27N7O5S2. The number of hydrogen-bond acceptors (Lipinski definition) is 9. The molecule has 0 spiro atoms. The Hall–Kier alpha value is -3.59. The molecule has 4 N–H and O–H groups in total. The first-order valence-corrected chi connectivity index (χ1v) is 13.9. The molecule has 0 aliphatic heterocycles. The number of hydrogen-bond donors (Lipinski definition) is 3. The maximum absolute atomic E-state index is 11.8. The third-order valence-electron chi connectivity index (χ3n) is 5.24. The van der Waals surface area contributed by atoms with Crippen molar-refractivity contribution in [1.82, 2.24) is 19.7 Å². The molecular weight excluding hydrogens is 506 g/mol. The van der Waals surface area contributed by atoms with Gasteiger partial charge in [0.05, 0.1) is 16.7 Å². The van der Waals surface area contributed by atoms with Crippen LogP contribution in [-0.4, -0.2) is 54.4 Å². The molecule has 0 atom stereocenters. The monoisotopic (exact) mass is 533 g/mol. The van der Waals surface area contributed by atoms with Crippen LogP contribution in [0.25, 0.3) is 10.9 Å². The molecule has 36 heavy (non-hydrogen) atoms. The van der Waals surface area contributed by atoms with Crippen molar-refractivity contribution in [1.29, 1.82) is 0 Å². The van der Waals surface area contributed by atoms with E-state index in [9.17, 15) is 16.8 Å². The smallest absolute Gasteiger partial charge is 0.261 e. The van der Waals surface area contributed by atoms with Crippen LogP contribution in [0.1, 0.15) is 11.3 Å². The van der Waals surface area contributed by atoms with Crippen molar-refractivity contribution in [3.63, 3.8) is 0 Å². The second-order valence-corrected chi connectivity index (χ2v) is 11.1. The number of aromatic nitrogens is 4. The van der Waals surface area contributed by atoms with E-state index in [-0.39, 0.29) is 4.90 Å². The quantitative estimate of drug-likeness (QED) is 0.324. The van der Waals surface area contributed by atoms with E-state index < -0.39 is 20.1 Å². The topological polar surface area (TPSA) is 173 Å². The average molecular weight is 534 g/mol. The zero-order chi connectivity index (χ0) is 26.8. The molecule has 0 unspecified atom stereocenters. The normalized spacial score (nSPS) is 11.6. The Morgan fingerprint density at radius 3 is 2.36 bits per heavy atom. The van der Waals surface area contributed by atoms with E-state index in [0.29, 0.717) is 29.3 Å². The van der Waals surface area contributed by atoms with Crippen molar-refractivity contribution in [2.45, 2.75) is 18.7 Å². The molecule has 0 fully saturated rings. The number of primary sulfonamides is 1. The number of benzene rings is 2. The predicted octanol–water partition coefficient (Wildman–Crippen LogP) is 2.64. The number of nitrogens with zero attached hydrogens (tertiary/aromatic N) is 5. The Morgan fingerprint density at radius 2 is 1.72 bits per heavy atom. The number of nitrogens with one attached hydrogen (secondary N) is 1. The van der Waals surface area contributed by atoms with Crippen LogP contribution in [0.3, 0.4) is 0 Å². The second-order valence-electron chi connectivity index (χ2n) is 8.09. The largest absolute Gasteiger partial charge is 0.329 e. The van der Waals surface area contributed by atoms with E-state index in [1.165, 1.54) is 6.07 Å². The lowest BCUT2D eigenvalue weighted by Crippen LogP contribution is -2.14. The summed E-state index contributed by atoms with van der Waals surface area (Å²) in [6.45, 7) is 3.73. The van der Waals surface area contributed by atoms with Gasteiger partial charge in [-0.2, -0.15) is 18.5 Å². The average Bonchev–Trinajstić information content (AvgIpc) is 3.06. The fraction of sp³-hybridized carbons (Fsp3) is 0.227. The molecule has 12 nitrogen and oxygen atoms in total. The van der Waals surface area contributed by atoms with Gasteiger partial charge in [-0.15, -0.1) is 0 Å². The molecule has 4 rings (SSSR count). The van der Waals surface area contributed by atoms with Gasteiger partial charge in [0.1, 0.15) is 5.82 Å². The fourth-order valence-electron chi connectivity index (χ4n) is 3.37. The summed E-state index contributed by atoms with van der Waals surface area (Å²) in [6.07, 6.45) is 2.35. The van der Waals surface area contributed by atoms with E-state index in [4.69, 9.17) is 9.69 Å². The van der Waals surface area contributed by atoms with Gasteiger partial charge < -0.3 is 10.2 Å². The first kappa shape index (κ1) is 27.0. The van der Waals surface area contributed by atoms with Gasteiger partial charge in [0.15, 0.2) is 0 Å². The molecule has 2 heterocycles. The third-order valence-corrected chi connectivity index (χ3v) is 6.29. The van der Waals surface area contributed by atoms with Crippen molar-refractivity contribution < 1.29 is 21.4 Å². The molecule has 14 heteroatoms. The summed E-state index contributed by atoms with van der Waals surface area (Å²) in [7, 11) is -3.65. The molecule has 192 valence electrons. The molecule has 2 aromatic heterocycles. The Kier molecular flexibility index (Phi) is 7.64. The lowest BCUT2D eigenvalue weighted by molar-refractivity contribution is 0.490. The minimum Gasteiger partial charge on any atom is -0.329 e. The lowest BCUT2D eigenvalue weighted by atomic mass is 10.2. The van der Waals surface area contributed by atoms with E-state index in [1.807, 2.05) is 48.8 Å². The van der Waals surface area contributed by atoms with Gasteiger partial charge in [0, 0.05) is 42.7 Å². The number of sulfonamides is 1. The highest BCUT2D eigenvalue weighted by Gasteiger charge is 2.14. The van der Waals surface area contributed by atoms with Gasteiger partial charge in [-0.25, -0.2) is 18.5 Å². The van der Waals surface area contributed by atoms with E-state index in [1.54, 1.807) is 31.3 Å². The van der Waals surface area contributed by atoms with Crippen molar-refractivity contribution >= 4 is 54.2 Å². The zero-order valence-corrected chi connectivity index (χ0v) is 22.0. The lowest BCUT2D eigenvalue weighted by Gasteiger charge is -2.19. The van der Waals surface area contributed by atoms with Gasteiger partial charge in [-0.05, 0) is 55.8 Å². The third kappa shape index (κ3) is 6.75. The molecule has 0 bridgehead atoms. The Labute approximate surface area is 209 Å². The standard InChI is InChI=1S/C21H23N7O2S.CH4O3S/c1-13-5-6-15(11-19(13)31(22,29)30)24-21-23-10-9-20(25-21)27(3)16-7-8-17-14(2)28(4)26-18(17)12-16;1-5(2,3)4/h5-12H,1-4H3,(H2,22,29,30)(H,23,24,25);1H3,(H,2,3,4). The van der Waals surface area contributed by atoms with Gasteiger partial charge in [0.25, 0.3) is 10.1 Å². The van der Waals surface area contributed by atoms with Gasteiger partial charge in [0.2, 0.25) is 16.0 Å². The summed E-state index contributed by atoms with van der Waals surface area (Å²) in [4.78, 5) is 10.8. The summed E-state index contributed by atoms with van der Waals surface area (Å²) in [5, 5.41) is 14.0. The van der Waals surface area contributed by atoms with Crippen LogP contribution in [-0.2, 0) is 27.2 Å². The highest BCUT2D eigenvalue weighted by atomic mass is 32.2. The summed E-state index contributed by atoms with van der Waals surface area (Å²) in [6, 6.07) is 12.8. The van der Waals surface area contributed by atoms with Crippen LogP contribution in [0.2, 0.25) is 0 Å². The molecule has 0 amide bonds. The zero-order valence-electron chi connectivity index (χ0n) is 20.3. The second kappa shape index (κ2) is 10.2. The van der Waals surface area contributed by atoms with Crippen LogP contribution in [0, 0.1) is 13.8 Å². The number of nitrogens with two attached hydrogens (primary N) is 1. The number of rotatable bonds is 5. The van der Waals surface area contributed by atoms with Gasteiger partial charge in [-0.1, -0.05) is 6.07 Å². The van der Waals surface area contributed by atoms with Crippen molar-refractivity contribution in [2.75, 3.05) is 23.5 Å². The van der Waals surface area contributed by atoms with Crippen molar-refractivity contribution in [2.24, 2.45) is 12.2 Å². The predicted molar refractivity (Wildman–Crippen MR) is 139 cm³/mol. The minimum atomic E-state index is -3.82. The van der Waals surface area contributed by atoms with Crippen LogP contribution in [0.5, 0.6) is 0 Å². The van der Waals surface area contributed by atoms with Crippen LogP contribution in [0.4, 0.5) is 23.1 Å². The van der Waals surface area contributed by atoms with E-state index in [2.05, 4.69) is 20.4 Å². The number of fused-ring (bicyclic) bond motifs is 1. The molecule has 2 aromatic carbocycles. The maximum Gasteiger partial charge on any atom is 0.261 e. The fourth-order valence-corrected chi connectivity index (χ4v) is 4.18. The summed E-state index contributed by atoms with van der Waals surface area (Å²) in [5.74, 6) is 1.01. The van der Waals surface area contributed by atoms with E-state index in [0.717, 1.165) is 22.3 Å². The summed E-state index contributed by atoms with van der Waals surface area (Å²) >= 11 is 0. The number of anilines is 4. The van der Waals surface area contributed by atoms with Crippen molar-refractivity contribution in [3.8, 4) is 0 Å². The maximum atomic E-state index is 11.8. The summed E-state index contributed by atoms with van der Waals surface area (Å²) < 4.78 is 51.3. The van der Waals surface area contributed by atoms with Crippen LogP contribution >= 0.6 is 0 Å². The Balaban J connectivity index is 0.000000658. The highest BCUT2D eigenvalue weighted by molar-refractivity contribution is 7.89. The molecule has 0 aliphatic rings. The molecule has 0 radical (unpaired) electrons. The van der Waals surface area contributed by atoms with Gasteiger partial charge >= 0.3 is 0 Å². The van der Waals surface area contributed by atoms with Gasteiger partial charge in [-0.3, -0.25) is 9.23 Å². The first-order chi connectivity index (χ1) is 16.6. The minimum absolute atomic E-state index is 0.0599. The summed E-state index contributed by atoms with van der Waals surface area (Å²) in [5.41, 5.74) is 4.05. The van der Waals surface area contributed by atoms with Crippen molar-refractivity contribution in [3.05, 3.63) is 59.9 Å². The molecule has 0 aliphatic carbocycles. The number of aryl methyl sites for hydroxylation is 3. The van der Waals surface area contributed by atoms with Crippen LogP contribution in [0.15, 0.2) is 53.6 Å². The Morgan fingerprint density at radius 1 is 1.06 bits per heavy atom. The van der Waals surface area contributed by atoms with E-state index >= 15 is 0 Å². The highest BCUT2D eigenvalue weighted by Crippen LogP contribution is 2.28.